The molecule has 3 rings (SSSR count). The lowest BCUT2D eigenvalue weighted by Crippen LogP contribution is -2.09. The molecule has 0 radical (unpaired) electrons. The monoisotopic (exact) mass is 223 g/mol. The van der Waals surface area contributed by atoms with Gasteiger partial charge < -0.3 is 4.98 Å². The number of nitrogens with zero attached hydrogens (tertiary/aromatic N) is 2. The minimum atomic E-state index is -0.344. The minimum absolute atomic E-state index is 0.344. The average molecular weight is 223 g/mol. The number of H-pyrrole nitrogens is 1. The van der Waals surface area contributed by atoms with Crippen LogP contribution in [0.3, 0.4) is 0 Å². The fourth-order valence-electron chi connectivity index (χ4n) is 1.86. The van der Waals surface area contributed by atoms with E-state index >= 15 is 0 Å². The number of hydrogen-bond acceptors (Lipinski definition) is 3. The predicted molar refractivity (Wildman–Crippen MR) is 65.6 cm³/mol. The van der Waals surface area contributed by atoms with Crippen LogP contribution in [0.1, 0.15) is 0 Å². The highest BCUT2D eigenvalue weighted by Crippen LogP contribution is 2.24. The van der Waals surface area contributed by atoms with Gasteiger partial charge in [-0.05, 0) is 18.2 Å². The van der Waals surface area contributed by atoms with Crippen molar-refractivity contribution in [1.29, 1.82) is 0 Å². The summed E-state index contributed by atoms with van der Waals surface area (Å²) >= 11 is 0. The van der Waals surface area contributed by atoms with Crippen LogP contribution in [0.4, 0.5) is 0 Å². The van der Waals surface area contributed by atoms with Gasteiger partial charge >= 0.3 is 5.69 Å². The van der Waals surface area contributed by atoms with E-state index in [2.05, 4.69) is 15.0 Å². The van der Waals surface area contributed by atoms with Gasteiger partial charge in [0.25, 0.3) is 0 Å². The van der Waals surface area contributed by atoms with E-state index in [9.17, 15) is 4.79 Å². The molecule has 1 N–H and O–H groups in total. The zero-order valence-corrected chi connectivity index (χ0v) is 8.92. The number of aromatic nitrogens is 3. The summed E-state index contributed by atoms with van der Waals surface area (Å²) < 4.78 is 0. The molecular weight excluding hydrogens is 214 g/mol. The topological polar surface area (TPSA) is 58.6 Å². The number of aromatic amines is 1. The van der Waals surface area contributed by atoms with E-state index in [4.69, 9.17) is 0 Å². The fourth-order valence-corrected chi connectivity index (χ4v) is 1.86. The molecule has 0 bridgehead atoms. The lowest BCUT2D eigenvalue weighted by molar-refractivity contribution is 1.08. The lowest BCUT2D eigenvalue weighted by Gasteiger charge is -2.04. The number of benzene rings is 1. The maximum absolute atomic E-state index is 11.2. The summed E-state index contributed by atoms with van der Waals surface area (Å²) in [5.41, 5.74) is 2.27. The Morgan fingerprint density at radius 3 is 2.65 bits per heavy atom. The number of fused-ring (bicyclic) bond motifs is 1. The van der Waals surface area contributed by atoms with Gasteiger partial charge in [-0.3, -0.25) is 4.98 Å². The van der Waals surface area contributed by atoms with Gasteiger partial charge in [-0.15, -0.1) is 0 Å². The molecule has 3 aromatic rings. The van der Waals surface area contributed by atoms with Gasteiger partial charge in [-0.25, -0.2) is 9.78 Å². The Bertz CT molecular complexity index is 728. The van der Waals surface area contributed by atoms with Crippen molar-refractivity contribution in [2.75, 3.05) is 0 Å². The quantitative estimate of drug-likeness (QED) is 0.686. The Balaban J connectivity index is 2.34. The highest BCUT2D eigenvalue weighted by Gasteiger charge is 2.04. The van der Waals surface area contributed by atoms with Gasteiger partial charge in [0.2, 0.25) is 0 Å². The van der Waals surface area contributed by atoms with Crippen molar-refractivity contribution in [3.05, 3.63) is 59.3 Å². The van der Waals surface area contributed by atoms with Crippen molar-refractivity contribution >= 4 is 10.9 Å². The predicted octanol–water partition coefficient (Wildman–Crippen LogP) is 1.99. The highest BCUT2D eigenvalue weighted by atomic mass is 16.1. The van der Waals surface area contributed by atoms with Crippen LogP contribution in [-0.4, -0.2) is 15.0 Å². The molecule has 0 aliphatic heterocycles. The third kappa shape index (κ3) is 1.69. The molecule has 0 atom stereocenters. The molecule has 0 aliphatic carbocycles. The lowest BCUT2D eigenvalue weighted by atomic mass is 10.1. The van der Waals surface area contributed by atoms with Crippen LogP contribution < -0.4 is 5.69 Å². The smallest absolute Gasteiger partial charge is 0.305 e. The molecule has 0 saturated heterocycles. The summed E-state index contributed by atoms with van der Waals surface area (Å²) in [4.78, 5) is 21.8. The second-order valence-corrected chi connectivity index (χ2v) is 3.66. The van der Waals surface area contributed by atoms with Crippen molar-refractivity contribution in [3.63, 3.8) is 0 Å². The van der Waals surface area contributed by atoms with Crippen LogP contribution in [0.2, 0.25) is 0 Å². The van der Waals surface area contributed by atoms with E-state index in [0.717, 1.165) is 22.2 Å². The minimum Gasteiger partial charge on any atom is -0.305 e. The summed E-state index contributed by atoms with van der Waals surface area (Å²) in [6.07, 6.45) is 3.24. The van der Waals surface area contributed by atoms with Crippen LogP contribution in [0.15, 0.2) is 53.6 Å². The molecule has 0 saturated carbocycles. The van der Waals surface area contributed by atoms with Crippen LogP contribution in [0.5, 0.6) is 0 Å². The van der Waals surface area contributed by atoms with Crippen LogP contribution in [-0.2, 0) is 0 Å². The van der Waals surface area contributed by atoms with Crippen LogP contribution >= 0.6 is 0 Å². The molecule has 1 aromatic carbocycles. The maximum atomic E-state index is 11.2. The second kappa shape index (κ2) is 3.83. The molecule has 0 aliphatic rings. The molecule has 0 unspecified atom stereocenters. The van der Waals surface area contributed by atoms with Crippen molar-refractivity contribution in [1.82, 2.24) is 15.0 Å². The van der Waals surface area contributed by atoms with Crippen molar-refractivity contribution < 1.29 is 0 Å². The molecular formula is C13H9N3O. The number of nitrogens with one attached hydrogen (secondary N) is 1. The molecule has 0 spiro atoms. The normalized spacial score (nSPS) is 10.6. The second-order valence-electron chi connectivity index (χ2n) is 3.66. The zero-order valence-electron chi connectivity index (χ0n) is 8.92. The highest BCUT2D eigenvalue weighted by molar-refractivity contribution is 5.93. The Labute approximate surface area is 97.0 Å². The summed E-state index contributed by atoms with van der Waals surface area (Å²) in [5.74, 6) is 0. The van der Waals surface area contributed by atoms with E-state index in [0.29, 0.717) is 0 Å². The third-order valence-corrected chi connectivity index (χ3v) is 2.61. The van der Waals surface area contributed by atoms with Gasteiger partial charge in [0.05, 0.1) is 11.2 Å². The SMILES string of the molecule is O=c1nccc(-c2ccnc3ccccc23)[nH]1. The number of hydrogen-bond donors (Lipinski definition) is 1. The summed E-state index contributed by atoms with van der Waals surface area (Å²) in [6, 6.07) is 11.5. The van der Waals surface area contributed by atoms with Crippen LogP contribution in [0, 0.1) is 0 Å². The van der Waals surface area contributed by atoms with Gasteiger partial charge in [-0.1, -0.05) is 18.2 Å². The van der Waals surface area contributed by atoms with E-state index in [1.807, 2.05) is 30.3 Å². The molecule has 0 amide bonds. The Morgan fingerprint density at radius 2 is 1.76 bits per heavy atom. The third-order valence-electron chi connectivity index (χ3n) is 2.61. The first-order valence-corrected chi connectivity index (χ1v) is 5.24. The number of rotatable bonds is 1. The van der Waals surface area contributed by atoms with E-state index in [1.54, 1.807) is 12.3 Å². The van der Waals surface area contributed by atoms with E-state index in [-0.39, 0.29) is 5.69 Å². The molecule has 17 heavy (non-hydrogen) atoms. The first-order valence-electron chi connectivity index (χ1n) is 5.24. The van der Waals surface area contributed by atoms with E-state index in [1.165, 1.54) is 6.20 Å². The van der Waals surface area contributed by atoms with Gasteiger partial charge in [0.1, 0.15) is 0 Å². The number of para-hydroxylation sites is 1. The van der Waals surface area contributed by atoms with Crippen LogP contribution in [0.25, 0.3) is 22.2 Å². The van der Waals surface area contributed by atoms with Gasteiger partial charge in [0, 0.05) is 23.3 Å². The molecule has 0 fully saturated rings. The zero-order chi connectivity index (χ0) is 11.7. The van der Waals surface area contributed by atoms with Crippen molar-refractivity contribution in [2.45, 2.75) is 0 Å². The molecule has 4 heteroatoms. The fraction of sp³-hybridized carbons (Fsp3) is 0. The largest absolute Gasteiger partial charge is 0.345 e. The number of pyridine rings is 1. The first kappa shape index (κ1) is 9.72. The Hall–Kier alpha value is -2.49. The molecule has 82 valence electrons. The van der Waals surface area contributed by atoms with Crippen molar-refractivity contribution in [3.8, 4) is 11.3 Å². The van der Waals surface area contributed by atoms with Gasteiger partial charge in [-0.2, -0.15) is 0 Å². The molecule has 2 aromatic heterocycles. The standard InChI is InChI=1S/C13H9N3O/c17-13-15-8-6-12(16-13)10-5-7-14-11-4-2-1-3-9(10)11/h1-8H,(H,15,16,17). The van der Waals surface area contributed by atoms with Gasteiger partial charge in [0.15, 0.2) is 0 Å². The summed E-state index contributed by atoms with van der Waals surface area (Å²) in [7, 11) is 0. The maximum Gasteiger partial charge on any atom is 0.345 e. The van der Waals surface area contributed by atoms with Crippen molar-refractivity contribution in [2.24, 2.45) is 0 Å². The Morgan fingerprint density at radius 1 is 0.941 bits per heavy atom. The molecule has 4 nitrogen and oxygen atoms in total. The first-order chi connectivity index (χ1) is 8.34. The summed E-state index contributed by atoms with van der Waals surface area (Å²) in [6.45, 7) is 0. The molecule has 2 heterocycles. The average Bonchev–Trinajstić information content (AvgIpc) is 2.38. The Kier molecular flexibility index (Phi) is 2.19. The van der Waals surface area contributed by atoms with E-state index < -0.39 is 0 Å². The summed E-state index contributed by atoms with van der Waals surface area (Å²) in [5, 5.41) is 1.01.